The summed E-state index contributed by atoms with van der Waals surface area (Å²) in [5.41, 5.74) is 0.909. The van der Waals surface area contributed by atoms with Gasteiger partial charge in [-0.1, -0.05) is 65.3 Å². The van der Waals surface area contributed by atoms with Crippen molar-refractivity contribution in [3.8, 4) is 0 Å². The zero-order chi connectivity index (χ0) is 16.9. The summed E-state index contributed by atoms with van der Waals surface area (Å²) in [6, 6.07) is 17.9. The maximum atomic E-state index is 11.2. The minimum atomic E-state index is -1.08. The third kappa shape index (κ3) is 4.21. The van der Waals surface area contributed by atoms with Gasteiger partial charge in [-0.15, -0.1) is 0 Å². The molecule has 23 heavy (non-hydrogen) atoms. The second kappa shape index (κ2) is 8.06. The molecule has 4 heteroatoms. The van der Waals surface area contributed by atoms with Crippen LogP contribution in [0.5, 0.6) is 0 Å². The second-order valence-corrected chi connectivity index (χ2v) is 6.62. The number of methoxy groups -OCH3 is 1. The quantitative estimate of drug-likeness (QED) is 0.703. The smallest absolute Gasteiger partial charge is 0.141 e. The summed E-state index contributed by atoms with van der Waals surface area (Å²) in [6.07, 6.45) is 0.0452. The molecule has 0 radical (unpaired) electrons. The summed E-state index contributed by atoms with van der Waals surface area (Å²) in [5, 5.41) is 14.6. The van der Waals surface area contributed by atoms with Crippen LogP contribution < -0.4 is 5.32 Å². The van der Waals surface area contributed by atoms with Crippen LogP contribution in [0.4, 0.5) is 0 Å². The number of hydrogen-bond donors (Lipinski definition) is 2. The van der Waals surface area contributed by atoms with E-state index in [0.29, 0.717) is 6.42 Å². The summed E-state index contributed by atoms with van der Waals surface area (Å²) in [7, 11) is 1.62. The van der Waals surface area contributed by atoms with Crippen molar-refractivity contribution in [3.05, 3.63) is 70.2 Å². The highest BCUT2D eigenvalue weighted by Crippen LogP contribution is 2.31. The fourth-order valence-corrected chi connectivity index (χ4v) is 3.01. The Morgan fingerprint density at radius 1 is 1.13 bits per heavy atom. The molecule has 0 saturated heterocycles. The number of hydrogen-bond acceptors (Lipinski definition) is 3. The van der Waals surface area contributed by atoms with E-state index in [2.05, 4.69) is 40.3 Å². The van der Waals surface area contributed by atoms with Gasteiger partial charge < -0.3 is 9.84 Å². The lowest BCUT2D eigenvalue weighted by Crippen LogP contribution is -2.50. The van der Waals surface area contributed by atoms with Gasteiger partial charge in [0, 0.05) is 17.6 Å². The Labute approximate surface area is 146 Å². The van der Waals surface area contributed by atoms with E-state index < -0.39 is 11.8 Å². The lowest BCUT2D eigenvalue weighted by atomic mass is 9.88. The summed E-state index contributed by atoms with van der Waals surface area (Å²) >= 11 is 3.45. The standard InChI is InChI=1S/C19H24BrNO2/c1-4-19(22,16-8-6-5-7-9-16)18(23-3)21-14(2)15-10-12-17(20)13-11-15/h5-14,18,21-22H,4H2,1-3H3/t14?,18-,19?/m0/s1. The number of halogens is 1. The summed E-state index contributed by atoms with van der Waals surface area (Å²) in [4.78, 5) is 0. The van der Waals surface area contributed by atoms with Crippen LogP contribution >= 0.6 is 15.9 Å². The molecule has 2 aromatic rings. The van der Waals surface area contributed by atoms with Gasteiger partial charge in [-0.25, -0.2) is 0 Å². The van der Waals surface area contributed by atoms with Crippen LogP contribution in [0.2, 0.25) is 0 Å². The summed E-state index contributed by atoms with van der Waals surface area (Å²) < 4.78 is 6.65. The van der Waals surface area contributed by atoms with Crippen LogP contribution in [-0.4, -0.2) is 18.4 Å². The zero-order valence-electron chi connectivity index (χ0n) is 13.8. The van der Waals surface area contributed by atoms with Gasteiger partial charge in [0.05, 0.1) is 0 Å². The molecule has 0 heterocycles. The maximum absolute atomic E-state index is 11.2. The van der Waals surface area contributed by atoms with E-state index in [1.807, 2.05) is 49.4 Å². The van der Waals surface area contributed by atoms with Crippen molar-refractivity contribution in [2.75, 3.05) is 7.11 Å². The molecule has 3 atom stereocenters. The van der Waals surface area contributed by atoms with Crippen LogP contribution in [0.1, 0.15) is 37.4 Å². The highest BCUT2D eigenvalue weighted by Gasteiger charge is 2.37. The predicted molar refractivity (Wildman–Crippen MR) is 97.1 cm³/mol. The van der Waals surface area contributed by atoms with Gasteiger partial charge in [-0.2, -0.15) is 0 Å². The molecule has 3 nitrogen and oxygen atoms in total. The number of nitrogens with one attached hydrogen (secondary N) is 1. The van der Waals surface area contributed by atoms with Crippen molar-refractivity contribution in [1.82, 2.24) is 5.32 Å². The Kier molecular flexibility index (Phi) is 6.36. The zero-order valence-corrected chi connectivity index (χ0v) is 15.4. The average molecular weight is 378 g/mol. The average Bonchev–Trinajstić information content (AvgIpc) is 2.60. The molecule has 2 aromatic carbocycles. The Morgan fingerprint density at radius 2 is 1.74 bits per heavy atom. The first-order valence-corrected chi connectivity index (χ1v) is 8.62. The van der Waals surface area contributed by atoms with E-state index in [-0.39, 0.29) is 6.04 Å². The monoisotopic (exact) mass is 377 g/mol. The largest absolute Gasteiger partial charge is 0.381 e. The van der Waals surface area contributed by atoms with Crippen LogP contribution in [0.3, 0.4) is 0 Å². The molecule has 0 spiro atoms. The van der Waals surface area contributed by atoms with E-state index >= 15 is 0 Å². The molecule has 2 unspecified atom stereocenters. The van der Waals surface area contributed by atoms with Gasteiger partial charge in [-0.05, 0) is 36.6 Å². The Hall–Kier alpha value is -1.20. The van der Waals surface area contributed by atoms with Gasteiger partial charge in [-0.3, -0.25) is 5.32 Å². The molecular weight excluding hydrogens is 354 g/mol. The number of aliphatic hydroxyl groups is 1. The second-order valence-electron chi connectivity index (χ2n) is 5.70. The molecule has 0 saturated carbocycles. The maximum Gasteiger partial charge on any atom is 0.141 e. The molecule has 0 aliphatic heterocycles. The van der Waals surface area contributed by atoms with E-state index in [1.165, 1.54) is 0 Å². The molecular formula is C19H24BrNO2. The number of rotatable bonds is 7. The Balaban J connectivity index is 2.22. The van der Waals surface area contributed by atoms with Crippen molar-refractivity contribution in [2.45, 2.75) is 38.1 Å². The molecule has 0 bridgehead atoms. The molecule has 0 aliphatic carbocycles. The molecule has 2 rings (SSSR count). The van der Waals surface area contributed by atoms with Crippen molar-refractivity contribution >= 4 is 15.9 Å². The molecule has 0 amide bonds. The fraction of sp³-hybridized carbons (Fsp3) is 0.368. The third-order valence-corrected chi connectivity index (χ3v) is 4.78. The van der Waals surface area contributed by atoms with Crippen molar-refractivity contribution in [3.63, 3.8) is 0 Å². The number of benzene rings is 2. The van der Waals surface area contributed by atoms with E-state index in [0.717, 1.165) is 15.6 Å². The van der Waals surface area contributed by atoms with Crippen LogP contribution in [0.25, 0.3) is 0 Å². The molecule has 0 fully saturated rings. The van der Waals surface area contributed by atoms with Crippen molar-refractivity contribution in [2.24, 2.45) is 0 Å². The van der Waals surface area contributed by atoms with Crippen LogP contribution in [-0.2, 0) is 10.3 Å². The summed E-state index contributed by atoms with van der Waals surface area (Å²) in [5.74, 6) is 0. The lowest BCUT2D eigenvalue weighted by molar-refractivity contribution is -0.121. The van der Waals surface area contributed by atoms with Crippen molar-refractivity contribution < 1.29 is 9.84 Å². The van der Waals surface area contributed by atoms with E-state index in [9.17, 15) is 5.11 Å². The molecule has 2 N–H and O–H groups in total. The van der Waals surface area contributed by atoms with E-state index in [4.69, 9.17) is 4.74 Å². The third-order valence-electron chi connectivity index (χ3n) is 4.25. The predicted octanol–water partition coefficient (Wildman–Crippen LogP) is 4.37. The molecule has 124 valence electrons. The first-order valence-electron chi connectivity index (χ1n) is 7.83. The van der Waals surface area contributed by atoms with E-state index in [1.54, 1.807) is 7.11 Å². The normalized spacial score (nSPS) is 16.6. The first-order chi connectivity index (χ1) is 11.0. The minimum absolute atomic E-state index is 0.0508. The van der Waals surface area contributed by atoms with Gasteiger partial charge in [0.25, 0.3) is 0 Å². The van der Waals surface area contributed by atoms with Crippen LogP contribution in [0, 0.1) is 0 Å². The van der Waals surface area contributed by atoms with Gasteiger partial charge >= 0.3 is 0 Å². The SMILES string of the molecule is CCC(O)(c1ccccc1)[C@@H](NC(C)c1ccc(Br)cc1)OC. The van der Waals surface area contributed by atoms with Gasteiger partial charge in [0.15, 0.2) is 0 Å². The fourth-order valence-electron chi connectivity index (χ4n) is 2.74. The molecule has 0 aliphatic rings. The highest BCUT2D eigenvalue weighted by atomic mass is 79.9. The summed E-state index contributed by atoms with van der Waals surface area (Å²) in [6.45, 7) is 4.03. The van der Waals surface area contributed by atoms with Gasteiger partial charge in [0.1, 0.15) is 11.8 Å². The van der Waals surface area contributed by atoms with Crippen molar-refractivity contribution in [1.29, 1.82) is 0 Å². The minimum Gasteiger partial charge on any atom is -0.381 e. The Bertz CT molecular complexity index is 603. The topological polar surface area (TPSA) is 41.5 Å². The highest BCUT2D eigenvalue weighted by molar-refractivity contribution is 9.10. The molecule has 0 aromatic heterocycles. The number of ether oxygens (including phenoxy) is 1. The first kappa shape index (κ1) is 18.1. The Morgan fingerprint density at radius 3 is 2.26 bits per heavy atom. The lowest BCUT2D eigenvalue weighted by Gasteiger charge is -2.37. The van der Waals surface area contributed by atoms with Crippen LogP contribution in [0.15, 0.2) is 59.1 Å². The van der Waals surface area contributed by atoms with Gasteiger partial charge in [0.2, 0.25) is 0 Å².